The molecule has 0 aromatic heterocycles. The second-order valence-corrected chi connectivity index (χ2v) is 4.12. The minimum absolute atomic E-state index is 0.583. The van der Waals surface area contributed by atoms with E-state index in [0.717, 1.165) is 18.9 Å². The van der Waals surface area contributed by atoms with E-state index in [2.05, 4.69) is 11.5 Å². The third kappa shape index (κ3) is 2.12. The first-order chi connectivity index (χ1) is 6.40. The van der Waals surface area contributed by atoms with Gasteiger partial charge >= 0.3 is 0 Å². The summed E-state index contributed by atoms with van der Waals surface area (Å²) >= 11 is 0. The van der Waals surface area contributed by atoms with Crippen molar-refractivity contribution in [1.29, 1.82) is 0 Å². The maximum atomic E-state index is 5.66. The summed E-state index contributed by atoms with van der Waals surface area (Å²) in [5, 5.41) is 0. The van der Waals surface area contributed by atoms with E-state index in [1.165, 1.54) is 32.5 Å². The number of likely N-dealkylation sites (tertiary alicyclic amines) is 1. The Morgan fingerprint density at radius 1 is 1.46 bits per heavy atom. The first-order valence-corrected chi connectivity index (χ1v) is 5.35. The minimum atomic E-state index is 0.583. The van der Waals surface area contributed by atoms with Crippen molar-refractivity contribution in [3.63, 3.8) is 0 Å². The first-order valence-electron chi connectivity index (χ1n) is 5.35. The van der Waals surface area contributed by atoms with Crippen molar-refractivity contribution in [2.75, 3.05) is 26.2 Å². The van der Waals surface area contributed by atoms with E-state index >= 15 is 0 Å². The van der Waals surface area contributed by atoms with Crippen LogP contribution in [0.3, 0.4) is 0 Å². The van der Waals surface area contributed by atoms with Crippen molar-refractivity contribution in [3.05, 3.63) is 12.7 Å². The molecule has 0 bridgehead atoms. The SMILES string of the molecule is C=CCCN1CC[C@H]2OCC[C@H]2C1. The molecule has 0 radical (unpaired) electrons. The summed E-state index contributed by atoms with van der Waals surface area (Å²) in [6, 6.07) is 0. The van der Waals surface area contributed by atoms with Gasteiger partial charge in [0.1, 0.15) is 0 Å². The molecule has 2 aliphatic rings. The van der Waals surface area contributed by atoms with E-state index in [0.29, 0.717) is 6.10 Å². The van der Waals surface area contributed by atoms with Gasteiger partial charge in [-0.2, -0.15) is 0 Å². The van der Waals surface area contributed by atoms with Crippen molar-refractivity contribution in [2.24, 2.45) is 5.92 Å². The van der Waals surface area contributed by atoms with Crippen LogP contribution in [0.5, 0.6) is 0 Å². The van der Waals surface area contributed by atoms with Crippen molar-refractivity contribution in [1.82, 2.24) is 4.90 Å². The van der Waals surface area contributed by atoms with E-state index in [1.807, 2.05) is 6.08 Å². The summed E-state index contributed by atoms with van der Waals surface area (Å²) in [4.78, 5) is 2.55. The molecule has 0 amide bonds. The van der Waals surface area contributed by atoms with Crippen LogP contribution in [0.2, 0.25) is 0 Å². The van der Waals surface area contributed by atoms with E-state index in [4.69, 9.17) is 4.74 Å². The number of hydrogen-bond acceptors (Lipinski definition) is 2. The van der Waals surface area contributed by atoms with Gasteiger partial charge in [-0.3, -0.25) is 0 Å². The molecule has 0 saturated carbocycles. The summed E-state index contributed by atoms with van der Waals surface area (Å²) in [5.41, 5.74) is 0. The van der Waals surface area contributed by atoms with Gasteiger partial charge in [-0.15, -0.1) is 6.58 Å². The van der Waals surface area contributed by atoms with Crippen LogP contribution >= 0.6 is 0 Å². The van der Waals surface area contributed by atoms with Crippen LogP contribution in [-0.4, -0.2) is 37.2 Å². The van der Waals surface area contributed by atoms with Crippen molar-refractivity contribution in [2.45, 2.75) is 25.4 Å². The minimum Gasteiger partial charge on any atom is -0.378 e. The Kier molecular flexibility index (Phi) is 3.01. The highest BCUT2D eigenvalue weighted by atomic mass is 16.5. The van der Waals surface area contributed by atoms with Gasteiger partial charge in [0, 0.05) is 32.2 Å². The molecule has 2 fully saturated rings. The standard InChI is InChI=1S/C11H19NO/c1-2-3-6-12-7-4-11-10(9-12)5-8-13-11/h2,10-11H,1,3-9H2/t10-,11+/m0/s1. The van der Waals surface area contributed by atoms with E-state index in [9.17, 15) is 0 Å². The smallest absolute Gasteiger partial charge is 0.0628 e. The Labute approximate surface area is 80.6 Å². The van der Waals surface area contributed by atoms with Crippen molar-refractivity contribution >= 4 is 0 Å². The van der Waals surface area contributed by atoms with Crippen LogP contribution in [0, 0.1) is 5.92 Å². The molecule has 2 atom stereocenters. The highest BCUT2D eigenvalue weighted by molar-refractivity contribution is 4.85. The van der Waals surface area contributed by atoms with Crippen LogP contribution in [-0.2, 0) is 4.74 Å². The van der Waals surface area contributed by atoms with Gasteiger partial charge in [0.2, 0.25) is 0 Å². The fraction of sp³-hybridized carbons (Fsp3) is 0.818. The molecule has 2 heterocycles. The molecule has 0 aromatic carbocycles. The zero-order chi connectivity index (χ0) is 9.10. The second kappa shape index (κ2) is 4.25. The molecule has 0 N–H and O–H groups in total. The van der Waals surface area contributed by atoms with Crippen LogP contribution in [0.15, 0.2) is 12.7 Å². The van der Waals surface area contributed by atoms with E-state index in [1.54, 1.807) is 0 Å². The van der Waals surface area contributed by atoms with Crippen molar-refractivity contribution in [3.8, 4) is 0 Å². The van der Waals surface area contributed by atoms with Gasteiger partial charge in [-0.25, -0.2) is 0 Å². The zero-order valence-corrected chi connectivity index (χ0v) is 8.24. The quantitative estimate of drug-likeness (QED) is 0.614. The highest BCUT2D eigenvalue weighted by Gasteiger charge is 2.33. The Morgan fingerprint density at radius 2 is 2.38 bits per heavy atom. The van der Waals surface area contributed by atoms with Crippen LogP contribution in [0.25, 0.3) is 0 Å². The molecule has 2 saturated heterocycles. The predicted molar refractivity (Wildman–Crippen MR) is 53.7 cm³/mol. The van der Waals surface area contributed by atoms with Crippen molar-refractivity contribution < 1.29 is 4.74 Å². The van der Waals surface area contributed by atoms with Gasteiger partial charge in [0.05, 0.1) is 6.10 Å². The number of ether oxygens (including phenoxy) is 1. The Balaban J connectivity index is 1.79. The predicted octanol–water partition coefficient (Wildman–Crippen LogP) is 1.67. The lowest BCUT2D eigenvalue weighted by atomic mass is 9.94. The summed E-state index contributed by atoms with van der Waals surface area (Å²) in [7, 11) is 0. The molecular formula is C11H19NO. The molecular weight excluding hydrogens is 162 g/mol. The fourth-order valence-electron chi connectivity index (χ4n) is 2.43. The molecule has 2 rings (SSSR count). The van der Waals surface area contributed by atoms with Crippen LogP contribution in [0.4, 0.5) is 0 Å². The molecule has 0 unspecified atom stereocenters. The molecule has 0 aromatic rings. The molecule has 0 aliphatic carbocycles. The Bertz CT molecular complexity index is 181. The highest BCUT2D eigenvalue weighted by Crippen LogP contribution is 2.28. The van der Waals surface area contributed by atoms with Gasteiger partial charge < -0.3 is 9.64 Å². The normalized spacial score (nSPS) is 34.5. The first kappa shape index (κ1) is 9.22. The average Bonchev–Trinajstić information content (AvgIpc) is 2.61. The van der Waals surface area contributed by atoms with Gasteiger partial charge in [-0.1, -0.05) is 6.08 Å². The molecule has 2 aliphatic heterocycles. The van der Waals surface area contributed by atoms with E-state index in [-0.39, 0.29) is 0 Å². The fourth-order valence-corrected chi connectivity index (χ4v) is 2.43. The summed E-state index contributed by atoms with van der Waals surface area (Å²) in [6.45, 7) is 8.40. The van der Waals surface area contributed by atoms with Gasteiger partial charge in [0.15, 0.2) is 0 Å². The summed E-state index contributed by atoms with van der Waals surface area (Å²) < 4.78 is 5.66. The summed E-state index contributed by atoms with van der Waals surface area (Å²) in [6.07, 6.45) is 6.23. The number of rotatable bonds is 3. The zero-order valence-electron chi connectivity index (χ0n) is 8.24. The second-order valence-electron chi connectivity index (χ2n) is 4.12. The molecule has 2 nitrogen and oxygen atoms in total. The average molecular weight is 181 g/mol. The molecule has 2 heteroatoms. The largest absolute Gasteiger partial charge is 0.378 e. The third-order valence-electron chi connectivity index (χ3n) is 3.22. The summed E-state index contributed by atoms with van der Waals surface area (Å²) in [5.74, 6) is 0.818. The number of hydrogen-bond donors (Lipinski definition) is 0. The maximum absolute atomic E-state index is 5.66. The topological polar surface area (TPSA) is 12.5 Å². The van der Waals surface area contributed by atoms with Crippen LogP contribution < -0.4 is 0 Å². The van der Waals surface area contributed by atoms with Gasteiger partial charge in [-0.05, 0) is 19.3 Å². The number of fused-ring (bicyclic) bond motifs is 1. The number of nitrogens with zero attached hydrogens (tertiary/aromatic N) is 1. The third-order valence-corrected chi connectivity index (χ3v) is 3.22. The molecule has 13 heavy (non-hydrogen) atoms. The monoisotopic (exact) mass is 181 g/mol. The lowest BCUT2D eigenvalue weighted by molar-refractivity contribution is 0.0358. The molecule has 0 spiro atoms. The Morgan fingerprint density at radius 3 is 3.23 bits per heavy atom. The van der Waals surface area contributed by atoms with Gasteiger partial charge in [0.25, 0.3) is 0 Å². The molecule has 74 valence electrons. The number of piperidine rings is 1. The maximum Gasteiger partial charge on any atom is 0.0628 e. The Hall–Kier alpha value is -0.340. The lowest BCUT2D eigenvalue weighted by Gasteiger charge is -2.33. The lowest BCUT2D eigenvalue weighted by Crippen LogP contribution is -2.41. The van der Waals surface area contributed by atoms with Crippen LogP contribution in [0.1, 0.15) is 19.3 Å². The van der Waals surface area contributed by atoms with E-state index < -0.39 is 0 Å².